The maximum Gasteiger partial charge on any atom is 0.297 e. The smallest absolute Gasteiger partial charge is 0.297 e. The molecule has 1 fully saturated rings. The SMILES string of the molecule is CC(C)C[C@H]1C[C@@H](NC(=O)Cn2cnc3c(oc4ccccc43)c2=O)CCO1. The molecule has 148 valence electrons. The van der Waals surface area contributed by atoms with Gasteiger partial charge >= 0.3 is 0 Å². The number of nitrogens with one attached hydrogen (secondary N) is 1. The summed E-state index contributed by atoms with van der Waals surface area (Å²) in [6.07, 6.45) is 4.17. The largest absolute Gasteiger partial charge is 0.448 e. The van der Waals surface area contributed by atoms with Crippen LogP contribution in [0.3, 0.4) is 0 Å². The third-order valence-electron chi connectivity index (χ3n) is 5.13. The number of ether oxygens (including phenoxy) is 1. The molecule has 7 heteroatoms. The first-order valence-corrected chi connectivity index (χ1v) is 9.79. The standard InChI is InChI=1S/C21H25N3O4/c1-13(2)9-15-10-14(7-8-27-15)23-18(25)11-24-12-22-19-16-5-3-4-6-17(16)28-20(19)21(24)26/h3-6,12-15H,7-11H2,1-2H3,(H,23,25)/t14-,15-/m0/s1. The van der Waals surface area contributed by atoms with Crippen molar-refractivity contribution in [1.29, 1.82) is 0 Å². The fourth-order valence-corrected chi connectivity index (χ4v) is 3.86. The molecular weight excluding hydrogens is 358 g/mol. The average molecular weight is 383 g/mol. The lowest BCUT2D eigenvalue weighted by molar-refractivity contribution is -0.123. The summed E-state index contributed by atoms with van der Waals surface area (Å²) in [5.41, 5.74) is 0.974. The highest BCUT2D eigenvalue weighted by atomic mass is 16.5. The lowest BCUT2D eigenvalue weighted by Gasteiger charge is -2.31. The second-order valence-electron chi connectivity index (χ2n) is 7.86. The molecule has 0 spiro atoms. The van der Waals surface area contributed by atoms with Crippen LogP contribution >= 0.6 is 0 Å². The number of amides is 1. The van der Waals surface area contributed by atoms with E-state index in [1.54, 1.807) is 6.07 Å². The molecule has 2 aromatic heterocycles. The van der Waals surface area contributed by atoms with E-state index < -0.39 is 0 Å². The Hall–Kier alpha value is -2.67. The number of benzene rings is 1. The number of para-hydroxylation sites is 1. The molecule has 0 bridgehead atoms. The molecule has 7 nitrogen and oxygen atoms in total. The Kier molecular flexibility index (Phi) is 5.17. The highest BCUT2D eigenvalue weighted by Crippen LogP contribution is 2.24. The number of hydrogen-bond donors (Lipinski definition) is 1. The highest BCUT2D eigenvalue weighted by molar-refractivity contribution is 6.01. The van der Waals surface area contributed by atoms with Crippen molar-refractivity contribution < 1.29 is 13.9 Å². The lowest BCUT2D eigenvalue weighted by Crippen LogP contribution is -2.44. The van der Waals surface area contributed by atoms with E-state index in [4.69, 9.17) is 9.15 Å². The van der Waals surface area contributed by atoms with Gasteiger partial charge in [0.05, 0.1) is 12.4 Å². The van der Waals surface area contributed by atoms with Crippen LogP contribution < -0.4 is 10.9 Å². The number of fused-ring (bicyclic) bond motifs is 3. The third kappa shape index (κ3) is 3.80. The van der Waals surface area contributed by atoms with Gasteiger partial charge in [-0.15, -0.1) is 0 Å². The van der Waals surface area contributed by atoms with Crippen molar-refractivity contribution in [2.45, 2.75) is 51.8 Å². The quantitative estimate of drug-likeness (QED) is 0.732. The lowest BCUT2D eigenvalue weighted by atomic mass is 9.96. The number of hydrogen-bond acceptors (Lipinski definition) is 5. The van der Waals surface area contributed by atoms with Crippen LogP contribution in [0.25, 0.3) is 22.1 Å². The molecular formula is C21H25N3O4. The van der Waals surface area contributed by atoms with E-state index >= 15 is 0 Å². The van der Waals surface area contributed by atoms with Crippen molar-refractivity contribution in [1.82, 2.24) is 14.9 Å². The van der Waals surface area contributed by atoms with Crippen LogP contribution in [0.15, 0.2) is 39.8 Å². The minimum atomic E-state index is -0.346. The summed E-state index contributed by atoms with van der Waals surface area (Å²) < 4.78 is 12.7. The third-order valence-corrected chi connectivity index (χ3v) is 5.13. The van der Waals surface area contributed by atoms with Crippen molar-refractivity contribution >= 4 is 28.0 Å². The van der Waals surface area contributed by atoms with Crippen LogP contribution in [-0.2, 0) is 16.1 Å². The van der Waals surface area contributed by atoms with E-state index in [0.29, 0.717) is 23.6 Å². The molecule has 28 heavy (non-hydrogen) atoms. The van der Waals surface area contributed by atoms with Gasteiger partial charge in [0.1, 0.15) is 17.6 Å². The van der Waals surface area contributed by atoms with Gasteiger partial charge in [-0.2, -0.15) is 0 Å². The number of carbonyl (C=O) groups is 1. The zero-order chi connectivity index (χ0) is 19.7. The Labute approximate surface area is 162 Å². The molecule has 1 aliphatic rings. The van der Waals surface area contributed by atoms with Gasteiger partial charge in [-0.1, -0.05) is 26.0 Å². The number of aromatic nitrogens is 2. The number of rotatable bonds is 5. The Morgan fingerprint density at radius 1 is 1.36 bits per heavy atom. The minimum Gasteiger partial charge on any atom is -0.448 e. The molecule has 3 aromatic rings. The monoisotopic (exact) mass is 383 g/mol. The van der Waals surface area contributed by atoms with Crippen LogP contribution in [-0.4, -0.2) is 34.2 Å². The van der Waals surface area contributed by atoms with E-state index in [0.717, 1.165) is 24.6 Å². The van der Waals surface area contributed by atoms with Crippen molar-refractivity contribution in [3.05, 3.63) is 40.9 Å². The summed E-state index contributed by atoms with van der Waals surface area (Å²) in [4.78, 5) is 29.6. The fraction of sp³-hybridized carbons (Fsp3) is 0.476. The number of carbonyl (C=O) groups excluding carboxylic acids is 1. The van der Waals surface area contributed by atoms with Gasteiger partial charge in [-0.05, 0) is 37.3 Å². The first-order valence-electron chi connectivity index (χ1n) is 9.79. The summed E-state index contributed by atoms with van der Waals surface area (Å²) in [5, 5.41) is 3.83. The predicted octanol–water partition coefficient (Wildman–Crippen LogP) is 2.85. The molecule has 3 heterocycles. The van der Waals surface area contributed by atoms with Crippen molar-refractivity contribution in [2.24, 2.45) is 5.92 Å². The van der Waals surface area contributed by atoms with E-state index in [2.05, 4.69) is 24.1 Å². The molecule has 1 amide bonds. The van der Waals surface area contributed by atoms with Crippen LogP contribution in [0.2, 0.25) is 0 Å². The molecule has 2 atom stereocenters. The van der Waals surface area contributed by atoms with Gasteiger partial charge in [0.15, 0.2) is 0 Å². The molecule has 4 rings (SSSR count). The summed E-state index contributed by atoms with van der Waals surface area (Å²) in [6.45, 7) is 4.90. The van der Waals surface area contributed by atoms with Crippen LogP contribution in [0.4, 0.5) is 0 Å². The molecule has 1 saturated heterocycles. The average Bonchev–Trinajstić information content (AvgIpc) is 3.03. The zero-order valence-corrected chi connectivity index (χ0v) is 16.2. The Bertz CT molecular complexity index is 1050. The van der Waals surface area contributed by atoms with Gasteiger partial charge in [0, 0.05) is 18.0 Å². The van der Waals surface area contributed by atoms with E-state index in [-0.39, 0.29) is 35.7 Å². The van der Waals surface area contributed by atoms with Crippen LogP contribution in [0.1, 0.15) is 33.1 Å². The Balaban J connectivity index is 1.47. The molecule has 0 aliphatic carbocycles. The topological polar surface area (TPSA) is 86.4 Å². The second-order valence-corrected chi connectivity index (χ2v) is 7.86. The molecule has 0 saturated carbocycles. The van der Waals surface area contributed by atoms with Gasteiger partial charge in [-0.3, -0.25) is 14.2 Å². The van der Waals surface area contributed by atoms with Gasteiger partial charge in [0.2, 0.25) is 11.5 Å². The van der Waals surface area contributed by atoms with Crippen molar-refractivity contribution in [3.63, 3.8) is 0 Å². The van der Waals surface area contributed by atoms with Crippen molar-refractivity contribution in [2.75, 3.05) is 6.61 Å². The maximum atomic E-state index is 12.7. The first-order chi connectivity index (χ1) is 13.5. The zero-order valence-electron chi connectivity index (χ0n) is 16.2. The molecule has 1 N–H and O–H groups in total. The first kappa shape index (κ1) is 18.7. The summed E-state index contributed by atoms with van der Waals surface area (Å²) >= 11 is 0. The second kappa shape index (κ2) is 7.75. The fourth-order valence-electron chi connectivity index (χ4n) is 3.86. The molecule has 0 unspecified atom stereocenters. The minimum absolute atomic E-state index is 0.0728. The highest BCUT2D eigenvalue weighted by Gasteiger charge is 2.25. The van der Waals surface area contributed by atoms with E-state index in [1.807, 2.05) is 18.2 Å². The molecule has 0 radical (unpaired) electrons. The van der Waals surface area contributed by atoms with E-state index in [1.165, 1.54) is 10.9 Å². The summed E-state index contributed by atoms with van der Waals surface area (Å²) in [5.74, 6) is 0.356. The van der Waals surface area contributed by atoms with Gasteiger partial charge < -0.3 is 14.5 Å². The van der Waals surface area contributed by atoms with Gasteiger partial charge in [0.25, 0.3) is 5.56 Å². The van der Waals surface area contributed by atoms with Crippen LogP contribution in [0.5, 0.6) is 0 Å². The van der Waals surface area contributed by atoms with Gasteiger partial charge in [-0.25, -0.2) is 4.98 Å². The predicted molar refractivity (Wildman–Crippen MR) is 106 cm³/mol. The molecule has 1 aromatic carbocycles. The number of furan rings is 1. The Morgan fingerprint density at radius 2 is 2.18 bits per heavy atom. The summed E-state index contributed by atoms with van der Waals surface area (Å²) in [6, 6.07) is 7.45. The van der Waals surface area contributed by atoms with Crippen molar-refractivity contribution in [3.8, 4) is 0 Å². The summed E-state index contributed by atoms with van der Waals surface area (Å²) in [7, 11) is 0. The van der Waals surface area contributed by atoms with E-state index in [9.17, 15) is 9.59 Å². The normalized spacial score (nSPS) is 20.1. The Morgan fingerprint density at radius 3 is 3.00 bits per heavy atom. The van der Waals surface area contributed by atoms with Crippen LogP contribution in [0, 0.1) is 5.92 Å². The maximum absolute atomic E-state index is 12.7. The molecule has 1 aliphatic heterocycles. The number of nitrogens with zero attached hydrogens (tertiary/aromatic N) is 2.